The second-order valence-corrected chi connectivity index (χ2v) is 8.38. The third-order valence-electron chi connectivity index (χ3n) is 5.73. The summed E-state index contributed by atoms with van der Waals surface area (Å²) in [5.41, 5.74) is 4.37. The van der Waals surface area contributed by atoms with Crippen LogP contribution in [0.2, 0.25) is 0 Å². The van der Waals surface area contributed by atoms with Crippen LogP contribution in [-0.4, -0.2) is 20.1 Å². The number of nitrogens with zero attached hydrogens (tertiary/aromatic N) is 3. The van der Waals surface area contributed by atoms with Gasteiger partial charge >= 0.3 is 0 Å². The van der Waals surface area contributed by atoms with Crippen molar-refractivity contribution in [2.45, 2.75) is 45.7 Å². The molecule has 1 atom stereocenters. The lowest BCUT2D eigenvalue weighted by Crippen LogP contribution is -2.29. The highest BCUT2D eigenvalue weighted by atomic mass is 16.2. The molecule has 32 heavy (non-hydrogen) atoms. The molecule has 0 saturated heterocycles. The van der Waals surface area contributed by atoms with Gasteiger partial charge in [-0.05, 0) is 30.0 Å². The third kappa shape index (κ3) is 4.64. The minimum absolute atomic E-state index is 0.0811. The van der Waals surface area contributed by atoms with Crippen molar-refractivity contribution >= 4 is 11.4 Å². The molecule has 0 aliphatic carbocycles. The zero-order valence-electron chi connectivity index (χ0n) is 18.7. The highest BCUT2D eigenvalue weighted by molar-refractivity contribution is 5.76. The van der Waals surface area contributed by atoms with Crippen LogP contribution in [0.4, 0.5) is 0 Å². The van der Waals surface area contributed by atoms with Crippen molar-refractivity contribution in [3.63, 3.8) is 0 Å². The van der Waals surface area contributed by atoms with Crippen molar-refractivity contribution in [3.05, 3.63) is 94.5 Å². The zero-order valence-corrected chi connectivity index (χ0v) is 18.7. The van der Waals surface area contributed by atoms with Crippen molar-refractivity contribution in [1.82, 2.24) is 19.5 Å². The summed E-state index contributed by atoms with van der Waals surface area (Å²) in [7, 11) is 0. The van der Waals surface area contributed by atoms with Crippen molar-refractivity contribution in [2.24, 2.45) is 0 Å². The van der Waals surface area contributed by atoms with Gasteiger partial charge in [-0.3, -0.25) is 9.59 Å². The largest absolute Gasteiger partial charge is 0.350 e. The van der Waals surface area contributed by atoms with Crippen LogP contribution in [-0.2, 0) is 11.3 Å². The van der Waals surface area contributed by atoms with E-state index >= 15 is 0 Å². The lowest BCUT2D eigenvalue weighted by atomic mass is 10.0. The third-order valence-corrected chi connectivity index (χ3v) is 5.73. The Morgan fingerprint density at radius 1 is 0.969 bits per heavy atom. The van der Waals surface area contributed by atoms with E-state index in [1.807, 2.05) is 49.4 Å². The number of fused-ring (bicyclic) bond motifs is 1. The van der Waals surface area contributed by atoms with Gasteiger partial charge in [0.25, 0.3) is 5.56 Å². The molecule has 0 radical (unpaired) electrons. The van der Waals surface area contributed by atoms with Crippen molar-refractivity contribution in [1.29, 1.82) is 0 Å². The molecular formula is C26H28N4O2. The topological polar surface area (TPSA) is 68.4 Å². The fraction of sp³-hybridized carbons (Fsp3) is 0.269. The van der Waals surface area contributed by atoms with Gasteiger partial charge in [-0.25, -0.2) is 4.52 Å². The predicted octanol–water partition coefficient (Wildman–Crippen LogP) is 4.55. The average Bonchev–Trinajstić information content (AvgIpc) is 3.24. The highest BCUT2D eigenvalue weighted by Crippen LogP contribution is 2.22. The summed E-state index contributed by atoms with van der Waals surface area (Å²) in [6.07, 6.45) is 3.67. The molecule has 1 amide bonds. The Hall–Kier alpha value is -3.67. The van der Waals surface area contributed by atoms with E-state index in [0.717, 1.165) is 16.8 Å². The molecule has 6 heteroatoms. The Morgan fingerprint density at radius 3 is 2.38 bits per heavy atom. The molecule has 0 unspecified atom stereocenters. The number of aromatic nitrogens is 3. The predicted molar refractivity (Wildman–Crippen MR) is 127 cm³/mol. The SMILES string of the molecule is CC(C)c1ccc(-c2cc3c(=O)n(CCC(=O)N[C@H](C)c4ccccc4)ccn3n2)cc1. The fourth-order valence-corrected chi connectivity index (χ4v) is 3.74. The van der Waals surface area contributed by atoms with E-state index in [1.54, 1.807) is 27.5 Å². The second-order valence-electron chi connectivity index (χ2n) is 8.38. The molecule has 0 aliphatic heterocycles. The Kier molecular flexibility index (Phi) is 6.21. The first-order chi connectivity index (χ1) is 15.4. The van der Waals surface area contributed by atoms with Gasteiger partial charge in [0.05, 0.1) is 11.7 Å². The molecule has 4 aromatic rings. The molecule has 0 fully saturated rings. The summed E-state index contributed by atoms with van der Waals surface area (Å²) in [4.78, 5) is 25.3. The van der Waals surface area contributed by atoms with Gasteiger partial charge in [0.15, 0.2) is 0 Å². The zero-order chi connectivity index (χ0) is 22.7. The quantitative estimate of drug-likeness (QED) is 0.469. The van der Waals surface area contributed by atoms with E-state index in [0.29, 0.717) is 18.0 Å². The Balaban J connectivity index is 1.46. The van der Waals surface area contributed by atoms with Crippen LogP contribution >= 0.6 is 0 Å². The number of benzene rings is 2. The molecule has 2 aromatic heterocycles. The molecule has 2 aromatic carbocycles. The van der Waals surface area contributed by atoms with Crippen LogP contribution in [0.25, 0.3) is 16.8 Å². The number of hydrogen-bond donors (Lipinski definition) is 1. The van der Waals surface area contributed by atoms with Crippen LogP contribution in [0.3, 0.4) is 0 Å². The number of aryl methyl sites for hydroxylation is 1. The second kappa shape index (κ2) is 9.22. The molecule has 2 heterocycles. The number of amides is 1. The van der Waals surface area contributed by atoms with Gasteiger partial charge in [-0.2, -0.15) is 5.10 Å². The van der Waals surface area contributed by atoms with E-state index in [4.69, 9.17) is 0 Å². The van der Waals surface area contributed by atoms with Gasteiger partial charge < -0.3 is 9.88 Å². The van der Waals surface area contributed by atoms with Crippen LogP contribution in [0.5, 0.6) is 0 Å². The summed E-state index contributed by atoms with van der Waals surface area (Å²) < 4.78 is 3.16. The molecule has 0 bridgehead atoms. The smallest absolute Gasteiger partial charge is 0.276 e. The van der Waals surface area contributed by atoms with E-state index in [-0.39, 0.29) is 23.9 Å². The van der Waals surface area contributed by atoms with Crippen molar-refractivity contribution < 1.29 is 4.79 Å². The molecule has 164 valence electrons. The van der Waals surface area contributed by atoms with E-state index in [2.05, 4.69) is 36.4 Å². The standard InChI is InChI=1S/C26H28N4O2/c1-18(2)20-9-11-22(12-10-20)23-17-24-26(32)29(15-16-30(24)28-23)14-13-25(31)27-19(3)21-7-5-4-6-8-21/h4-12,15-19H,13-14H2,1-3H3,(H,27,31)/t19-/m1/s1. The fourth-order valence-electron chi connectivity index (χ4n) is 3.74. The van der Waals surface area contributed by atoms with Crippen LogP contribution in [0.15, 0.2) is 77.9 Å². The number of carbonyl (C=O) groups excluding carboxylic acids is 1. The van der Waals surface area contributed by atoms with Crippen LogP contribution < -0.4 is 10.9 Å². The average molecular weight is 429 g/mol. The summed E-state index contributed by atoms with van der Waals surface area (Å²) in [6, 6.07) is 19.8. The molecular weight excluding hydrogens is 400 g/mol. The first-order valence-corrected chi connectivity index (χ1v) is 11.0. The minimum Gasteiger partial charge on any atom is -0.350 e. The lowest BCUT2D eigenvalue weighted by molar-refractivity contribution is -0.121. The van der Waals surface area contributed by atoms with E-state index < -0.39 is 0 Å². The number of carbonyl (C=O) groups is 1. The number of rotatable bonds is 7. The van der Waals surface area contributed by atoms with Gasteiger partial charge in [0, 0.05) is 30.9 Å². The summed E-state index contributed by atoms with van der Waals surface area (Å²) in [5.74, 6) is 0.373. The minimum atomic E-state index is -0.158. The lowest BCUT2D eigenvalue weighted by Gasteiger charge is -2.14. The molecule has 0 aliphatic rings. The van der Waals surface area contributed by atoms with Crippen LogP contribution in [0, 0.1) is 0 Å². The first kappa shape index (κ1) is 21.6. The molecule has 6 nitrogen and oxygen atoms in total. The Labute approximate surface area is 187 Å². The van der Waals surface area contributed by atoms with Gasteiger partial charge in [0.2, 0.25) is 5.91 Å². The maximum atomic E-state index is 12.9. The Bertz CT molecular complexity index is 1270. The molecule has 4 rings (SSSR count). The van der Waals surface area contributed by atoms with Gasteiger partial charge in [-0.1, -0.05) is 68.4 Å². The van der Waals surface area contributed by atoms with Crippen molar-refractivity contribution in [3.8, 4) is 11.3 Å². The van der Waals surface area contributed by atoms with Gasteiger partial charge in [0.1, 0.15) is 5.52 Å². The monoisotopic (exact) mass is 428 g/mol. The number of nitrogens with one attached hydrogen (secondary N) is 1. The van der Waals surface area contributed by atoms with E-state index in [9.17, 15) is 9.59 Å². The van der Waals surface area contributed by atoms with Crippen LogP contribution in [0.1, 0.15) is 50.3 Å². The molecule has 1 N–H and O–H groups in total. The molecule has 0 spiro atoms. The highest BCUT2D eigenvalue weighted by Gasteiger charge is 2.12. The summed E-state index contributed by atoms with van der Waals surface area (Å²) in [5, 5.41) is 7.54. The normalized spacial score (nSPS) is 12.2. The number of hydrogen-bond acceptors (Lipinski definition) is 3. The maximum Gasteiger partial charge on any atom is 0.276 e. The Morgan fingerprint density at radius 2 is 1.69 bits per heavy atom. The van der Waals surface area contributed by atoms with Gasteiger partial charge in [-0.15, -0.1) is 0 Å². The summed E-state index contributed by atoms with van der Waals surface area (Å²) >= 11 is 0. The molecule has 0 saturated carbocycles. The summed E-state index contributed by atoms with van der Waals surface area (Å²) in [6.45, 7) is 6.58. The van der Waals surface area contributed by atoms with E-state index in [1.165, 1.54) is 5.56 Å². The van der Waals surface area contributed by atoms with Crippen molar-refractivity contribution in [2.75, 3.05) is 0 Å². The first-order valence-electron chi connectivity index (χ1n) is 11.0. The maximum absolute atomic E-state index is 12.9.